The molecule has 0 saturated carbocycles. The quantitative estimate of drug-likeness (QED) is 0.655. The zero-order chi connectivity index (χ0) is 18.2. The summed E-state index contributed by atoms with van der Waals surface area (Å²) in [5, 5.41) is 15.0. The normalized spacial score (nSPS) is 18.4. The van der Waals surface area contributed by atoms with Gasteiger partial charge in [0, 0.05) is 24.6 Å². The Morgan fingerprint density at radius 2 is 2.20 bits per heavy atom. The molecule has 1 saturated heterocycles. The first-order valence-electron chi connectivity index (χ1n) is 8.18. The van der Waals surface area contributed by atoms with Crippen molar-refractivity contribution >= 4 is 23.7 Å². The number of carbonyl (C=O) groups is 3. The number of hydrogen-bond acceptors (Lipinski definition) is 4. The number of phenolic OH excluding ortho intramolecular Hbond substituents is 1. The lowest BCUT2D eigenvalue weighted by atomic mass is 9.97. The van der Waals surface area contributed by atoms with Crippen LogP contribution in [0.2, 0.25) is 0 Å². The van der Waals surface area contributed by atoms with Gasteiger partial charge in [-0.15, -0.1) is 0 Å². The van der Waals surface area contributed by atoms with Crippen molar-refractivity contribution in [2.75, 3.05) is 6.54 Å². The number of hydrogen-bond donors (Lipinski definition) is 3. The minimum absolute atomic E-state index is 0.0224. The van der Waals surface area contributed by atoms with E-state index in [9.17, 15) is 19.5 Å². The monoisotopic (exact) mass is 342 g/mol. The van der Waals surface area contributed by atoms with Crippen LogP contribution in [0.25, 0.3) is 6.08 Å². The van der Waals surface area contributed by atoms with Gasteiger partial charge in [-0.1, -0.05) is 18.2 Å². The van der Waals surface area contributed by atoms with Gasteiger partial charge < -0.3 is 15.7 Å². The summed E-state index contributed by atoms with van der Waals surface area (Å²) < 4.78 is 0. The summed E-state index contributed by atoms with van der Waals surface area (Å²) in [5.41, 5.74) is 0.696. The molecule has 1 aliphatic heterocycles. The number of nitrogens with one attached hydrogen (secondary N) is 2. The minimum atomic E-state index is -0.404. The average Bonchev–Trinajstić information content (AvgIpc) is 2.96. The van der Waals surface area contributed by atoms with Crippen molar-refractivity contribution in [3.63, 3.8) is 0 Å². The number of rotatable bonds is 7. The topological polar surface area (TPSA) is 95.5 Å². The third-order valence-corrected chi connectivity index (χ3v) is 3.89. The van der Waals surface area contributed by atoms with Crippen molar-refractivity contribution in [1.29, 1.82) is 0 Å². The molecule has 132 valence electrons. The third-order valence-electron chi connectivity index (χ3n) is 3.89. The Balaban J connectivity index is 2.00. The van der Waals surface area contributed by atoms with Crippen LogP contribution in [0.15, 0.2) is 42.5 Å². The summed E-state index contributed by atoms with van der Waals surface area (Å²) in [4.78, 5) is 35.0. The third kappa shape index (κ3) is 6.25. The maximum Gasteiger partial charge on any atom is 0.244 e. The second-order valence-electron chi connectivity index (χ2n) is 6.03. The van der Waals surface area contributed by atoms with E-state index in [4.69, 9.17) is 0 Å². The lowest BCUT2D eigenvalue weighted by molar-refractivity contribution is -0.123. The van der Waals surface area contributed by atoms with Crippen LogP contribution < -0.4 is 10.6 Å². The van der Waals surface area contributed by atoms with Crippen molar-refractivity contribution in [2.45, 2.75) is 25.8 Å². The van der Waals surface area contributed by atoms with E-state index in [1.165, 1.54) is 19.1 Å². The summed E-state index contributed by atoms with van der Waals surface area (Å²) in [7, 11) is 0. The number of aromatic hydroxyl groups is 1. The Kier molecular flexibility index (Phi) is 6.51. The van der Waals surface area contributed by atoms with Gasteiger partial charge in [0.25, 0.3) is 0 Å². The van der Waals surface area contributed by atoms with Crippen molar-refractivity contribution in [2.24, 2.45) is 5.92 Å². The van der Waals surface area contributed by atoms with Gasteiger partial charge in [0.1, 0.15) is 5.75 Å². The molecule has 0 bridgehead atoms. The van der Waals surface area contributed by atoms with Gasteiger partial charge in [-0.25, -0.2) is 0 Å². The Labute approximate surface area is 146 Å². The van der Waals surface area contributed by atoms with Crippen LogP contribution in [0.1, 0.15) is 25.3 Å². The van der Waals surface area contributed by atoms with Crippen LogP contribution in [0, 0.1) is 5.92 Å². The maximum atomic E-state index is 12.1. The molecule has 1 aromatic rings. The first-order chi connectivity index (χ1) is 11.9. The molecular weight excluding hydrogens is 320 g/mol. The fourth-order valence-corrected chi connectivity index (χ4v) is 2.64. The molecular formula is C19H22N2O4. The molecule has 6 nitrogen and oxygen atoms in total. The van der Waals surface area contributed by atoms with Crippen LogP contribution in [0.4, 0.5) is 0 Å². The van der Waals surface area contributed by atoms with Gasteiger partial charge in [0.05, 0.1) is 0 Å². The fourth-order valence-electron chi connectivity index (χ4n) is 2.64. The van der Waals surface area contributed by atoms with Gasteiger partial charge >= 0.3 is 0 Å². The summed E-state index contributed by atoms with van der Waals surface area (Å²) in [6.07, 6.45) is 7.13. The molecule has 1 aromatic carbocycles. The Bertz CT molecular complexity index is 709. The average molecular weight is 342 g/mol. The minimum Gasteiger partial charge on any atom is -0.508 e. The first kappa shape index (κ1) is 18.4. The second kappa shape index (κ2) is 8.82. The molecule has 1 heterocycles. The highest BCUT2D eigenvalue weighted by Crippen LogP contribution is 2.17. The van der Waals surface area contributed by atoms with E-state index < -0.39 is 6.04 Å². The van der Waals surface area contributed by atoms with Crippen molar-refractivity contribution in [3.8, 4) is 5.75 Å². The highest BCUT2D eigenvalue weighted by molar-refractivity contribution is 5.92. The standard InChI is InChI=1S/C19H22N2O4/c1-13(22)5-7-16(12-15-9-10-20-19(15)25)21-18(24)8-6-14-3-2-4-17(23)11-14/h2-8,11,15-16,23H,9-10,12H2,1H3,(H,20,25)(H,21,24)/b7-5+,8-6+. The Hall–Kier alpha value is -2.89. The summed E-state index contributed by atoms with van der Waals surface area (Å²) in [6.45, 7) is 2.07. The largest absolute Gasteiger partial charge is 0.508 e. The molecule has 2 rings (SSSR count). The van der Waals surface area contributed by atoms with Crippen LogP contribution in [-0.4, -0.2) is 35.3 Å². The molecule has 0 radical (unpaired) electrons. The van der Waals surface area contributed by atoms with Gasteiger partial charge in [0.2, 0.25) is 11.8 Å². The van der Waals surface area contributed by atoms with Crippen molar-refractivity contribution in [3.05, 3.63) is 48.1 Å². The van der Waals surface area contributed by atoms with E-state index >= 15 is 0 Å². The lowest BCUT2D eigenvalue weighted by Gasteiger charge is -2.16. The number of ketones is 1. The molecule has 6 heteroatoms. The fraction of sp³-hybridized carbons (Fsp3) is 0.316. The number of amides is 2. The molecule has 2 atom stereocenters. The molecule has 2 amide bonds. The van der Waals surface area contributed by atoms with E-state index in [-0.39, 0.29) is 29.3 Å². The second-order valence-corrected chi connectivity index (χ2v) is 6.03. The zero-order valence-electron chi connectivity index (χ0n) is 14.1. The summed E-state index contributed by atoms with van der Waals surface area (Å²) >= 11 is 0. The van der Waals surface area contributed by atoms with Crippen LogP contribution in [0.5, 0.6) is 5.75 Å². The molecule has 3 N–H and O–H groups in total. The lowest BCUT2D eigenvalue weighted by Crippen LogP contribution is -2.35. The SMILES string of the molecule is CC(=O)/C=C/C(CC1CCNC1=O)NC(=O)/C=C/c1cccc(O)c1. The molecule has 2 unspecified atom stereocenters. The van der Waals surface area contributed by atoms with E-state index in [2.05, 4.69) is 10.6 Å². The smallest absolute Gasteiger partial charge is 0.244 e. The van der Waals surface area contributed by atoms with Crippen molar-refractivity contribution in [1.82, 2.24) is 10.6 Å². The first-order valence-corrected chi connectivity index (χ1v) is 8.18. The van der Waals surface area contributed by atoms with Crippen LogP contribution >= 0.6 is 0 Å². The highest BCUT2D eigenvalue weighted by atomic mass is 16.3. The van der Waals surface area contributed by atoms with E-state index in [1.54, 1.807) is 36.4 Å². The number of carbonyl (C=O) groups excluding carboxylic acids is 3. The van der Waals surface area contributed by atoms with Gasteiger partial charge in [-0.2, -0.15) is 0 Å². The predicted molar refractivity (Wildman–Crippen MR) is 94.6 cm³/mol. The number of benzene rings is 1. The molecule has 1 aliphatic rings. The maximum absolute atomic E-state index is 12.1. The Morgan fingerprint density at radius 3 is 2.84 bits per heavy atom. The molecule has 0 aromatic heterocycles. The number of allylic oxidation sites excluding steroid dienone is 1. The molecule has 0 spiro atoms. The van der Waals surface area contributed by atoms with E-state index in [1.807, 2.05) is 0 Å². The van der Waals surface area contributed by atoms with Crippen molar-refractivity contribution < 1.29 is 19.5 Å². The molecule has 0 aliphatic carbocycles. The van der Waals surface area contributed by atoms with Crippen LogP contribution in [-0.2, 0) is 14.4 Å². The van der Waals surface area contributed by atoms with E-state index in [0.29, 0.717) is 18.5 Å². The zero-order valence-corrected chi connectivity index (χ0v) is 14.1. The van der Waals surface area contributed by atoms with Crippen LogP contribution in [0.3, 0.4) is 0 Å². The summed E-state index contributed by atoms with van der Waals surface area (Å²) in [6, 6.07) is 6.13. The van der Waals surface area contributed by atoms with Gasteiger partial charge in [-0.05, 0) is 49.6 Å². The molecule has 25 heavy (non-hydrogen) atoms. The van der Waals surface area contributed by atoms with Gasteiger partial charge in [0.15, 0.2) is 5.78 Å². The summed E-state index contributed by atoms with van der Waals surface area (Å²) in [5.74, 6) is -0.523. The van der Waals surface area contributed by atoms with E-state index in [0.717, 1.165) is 6.42 Å². The molecule has 1 fully saturated rings. The highest BCUT2D eigenvalue weighted by Gasteiger charge is 2.26. The van der Waals surface area contributed by atoms with Gasteiger partial charge in [-0.3, -0.25) is 14.4 Å². The Morgan fingerprint density at radius 1 is 1.40 bits per heavy atom. The number of phenols is 1. The predicted octanol–water partition coefficient (Wildman–Crippen LogP) is 1.56.